The number of thiazole rings is 1. The van der Waals surface area contributed by atoms with E-state index in [2.05, 4.69) is 20.9 Å². The summed E-state index contributed by atoms with van der Waals surface area (Å²) in [7, 11) is 0. The number of nitrogens with zero attached hydrogens (tertiary/aromatic N) is 1. The molecule has 0 aliphatic rings. The number of carbonyl (C=O) groups is 1. The zero-order valence-corrected chi connectivity index (χ0v) is 14.8. The van der Waals surface area contributed by atoms with Gasteiger partial charge in [0.2, 0.25) is 0 Å². The van der Waals surface area contributed by atoms with Crippen LogP contribution < -0.4 is 0 Å². The Bertz CT molecular complexity index is 604. The van der Waals surface area contributed by atoms with E-state index in [0.717, 1.165) is 15.0 Å². The van der Waals surface area contributed by atoms with Crippen molar-refractivity contribution in [1.82, 2.24) is 4.98 Å². The number of rotatable bonds is 7. The van der Waals surface area contributed by atoms with Gasteiger partial charge in [-0.3, -0.25) is 0 Å². The van der Waals surface area contributed by atoms with Crippen LogP contribution in [0.3, 0.4) is 0 Å². The number of carboxylic acids is 1. The van der Waals surface area contributed by atoms with Gasteiger partial charge in [-0.1, -0.05) is 41.9 Å². The predicted molar refractivity (Wildman–Crippen MR) is 97.2 cm³/mol. The molecule has 0 bridgehead atoms. The standard InChI is InChI=1S/C16H18BrNO3S.K.H/c1-10(2)9-13(16(19)20)21-14(15-18-7-8-22-15)11-3-5-12(17)6-4-11;;/h3-8,10,13-14H,9H2,1-2H3,(H,19,20);;. The molecule has 1 heterocycles. The maximum absolute atomic E-state index is 11.5. The molecule has 0 amide bonds. The van der Waals surface area contributed by atoms with E-state index in [0.29, 0.717) is 6.42 Å². The normalized spacial score (nSPS) is 13.4. The first-order valence-electron chi connectivity index (χ1n) is 7.00. The van der Waals surface area contributed by atoms with Crippen molar-refractivity contribution in [3.05, 3.63) is 50.9 Å². The summed E-state index contributed by atoms with van der Waals surface area (Å²) in [6.45, 7) is 3.97. The molecule has 0 aliphatic carbocycles. The fourth-order valence-corrected chi connectivity index (χ4v) is 3.05. The summed E-state index contributed by atoms with van der Waals surface area (Å²) >= 11 is 4.86. The molecule has 2 atom stereocenters. The number of hydrogen-bond donors (Lipinski definition) is 1. The van der Waals surface area contributed by atoms with Gasteiger partial charge in [-0.2, -0.15) is 0 Å². The van der Waals surface area contributed by atoms with Gasteiger partial charge in [-0.15, -0.1) is 11.3 Å². The van der Waals surface area contributed by atoms with Crippen molar-refractivity contribution in [2.24, 2.45) is 5.92 Å². The quantitative estimate of drug-likeness (QED) is 0.686. The molecule has 4 nitrogen and oxygen atoms in total. The van der Waals surface area contributed by atoms with Crippen LogP contribution in [0.2, 0.25) is 0 Å². The number of carboxylic acid groups (broad SMARTS) is 1. The van der Waals surface area contributed by atoms with E-state index in [1.807, 2.05) is 43.5 Å². The van der Waals surface area contributed by atoms with E-state index >= 15 is 0 Å². The third-order valence-corrected chi connectivity index (χ3v) is 4.46. The second-order valence-electron chi connectivity index (χ2n) is 5.39. The van der Waals surface area contributed by atoms with E-state index in [1.54, 1.807) is 6.20 Å². The van der Waals surface area contributed by atoms with Crippen molar-refractivity contribution < 1.29 is 14.6 Å². The molecule has 7 heteroatoms. The molecule has 0 saturated carbocycles. The summed E-state index contributed by atoms with van der Waals surface area (Å²) < 4.78 is 6.89. The molecule has 1 N–H and O–H groups in total. The van der Waals surface area contributed by atoms with Crippen molar-refractivity contribution in [3.8, 4) is 0 Å². The third kappa shape index (κ3) is 6.66. The van der Waals surface area contributed by atoms with Crippen LogP contribution in [0.25, 0.3) is 0 Å². The molecule has 0 aliphatic heterocycles. The molecule has 1 aromatic heterocycles. The average Bonchev–Trinajstić information content (AvgIpc) is 2.98. The first-order valence-corrected chi connectivity index (χ1v) is 8.67. The molecular weight excluding hydrogens is 405 g/mol. The Hall–Kier alpha value is 0.396. The van der Waals surface area contributed by atoms with Gasteiger partial charge in [-0.25, -0.2) is 9.78 Å². The summed E-state index contributed by atoms with van der Waals surface area (Å²) in [6, 6.07) is 7.67. The average molecular weight is 424 g/mol. The maximum atomic E-state index is 11.5. The molecule has 2 rings (SSSR count). The van der Waals surface area contributed by atoms with Gasteiger partial charge in [0.25, 0.3) is 0 Å². The minimum atomic E-state index is -0.938. The van der Waals surface area contributed by atoms with Crippen LogP contribution in [-0.4, -0.2) is 73.5 Å². The summed E-state index contributed by atoms with van der Waals surface area (Å²) in [5.74, 6) is -0.699. The number of aromatic nitrogens is 1. The fourth-order valence-electron chi connectivity index (χ4n) is 2.09. The van der Waals surface area contributed by atoms with E-state index in [9.17, 15) is 9.90 Å². The van der Waals surface area contributed by atoms with Crippen LogP contribution in [-0.2, 0) is 9.53 Å². The molecular formula is C16H19BrKNO3S. The second-order valence-corrected chi connectivity index (χ2v) is 7.24. The summed E-state index contributed by atoms with van der Waals surface area (Å²) in [6.07, 6.45) is 0.853. The monoisotopic (exact) mass is 423 g/mol. The Kier molecular flexibility index (Phi) is 9.70. The van der Waals surface area contributed by atoms with Crippen LogP contribution in [0.1, 0.15) is 36.9 Å². The summed E-state index contributed by atoms with van der Waals surface area (Å²) in [4.78, 5) is 15.8. The number of hydrogen-bond acceptors (Lipinski definition) is 4. The third-order valence-electron chi connectivity index (χ3n) is 3.11. The van der Waals surface area contributed by atoms with Crippen molar-refractivity contribution in [1.29, 1.82) is 0 Å². The fraction of sp³-hybridized carbons (Fsp3) is 0.375. The zero-order chi connectivity index (χ0) is 16.1. The molecule has 23 heavy (non-hydrogen) atoms. The zero-order valence-electron chi connectivity index (χ0n) is 12.4. The van der Waals surface area contributed by atoms with Crippen molar-refractivity contribution in [3.63, 3.8) is 0 Å². The van der Waals surface area contributed by atoms with Crippen molar-refractivity contribution in [2.75, 3.05) is 0 Å². The molecule has 120 valence electrons. The van der Waals surface area contributed by atoms with Crippen molar-refractivity contribution >= 4 is 84.6 Å². The van der Waals surface area contributed by atoms with E-state index in [1.165, 1.54) is 11.3 Å². The Morgan fingerprint density at radius 3 is 2.48 bits per heavy atom. The van der Waals surface area contributed by atoms with Gasteiger partial charge in [0.05, 0.1) is 0 Å². The van der Waals surface area contributed by atoms with Gasteiger partial charge in [0.1, 0.15) is 11.1 Å². The second kappa shape index (κ2) is 10.4. The predicted octanol–water partition coefficient (Wildman–Crippen LogP) is 3.86. The van der Waals surface area contributed by atoms with E-state index < -0.39 is 18.2 Å². The van der Waals surface area contributed by atoms with Crippen LogP contribution in [0, 0.1) is 5.92 Å². The molecule has 0 spiro atoms. The van der Waals surface area contributed by atoms with Gasteiger partial charge in [0.15, 0.2) is 6.10 Å². The number of benzene rings is 1. The van der Waals surface area contributed by atoms with Gasteiger partial charge < -0.3 is 9.84 Å². The Balaban J connectivity index is 0.00000264. The number of aliphatic carboxylic acids is 1. The molecule has 0 saturated heterocycles. The van der Waals surface area contributed by atoms with Crippen LogP contribution in [0.4, 0.5) is 0 Å². The first kappa shape index (κ1) is 21.4. The van der Waals surface area contributed by atoms with E-state index in [4.69, 9.17) is 4.74 Å². The Morgan fingerprint density at radius 2 is 2.00 bits per heavy atom. The molecule has 0 radical (unpaired) electrons. The SMILES string of the molecule is CC(C)CC(OC(c1ccc(Br)cc1)c1nccs1)C(=O)O.[KH]. The topological polar surface area (TPSA) is 59.4 Å². The number of ether oxygens (including phenoxy) is 1. The Labute approximate surface area is 191 Å². The summed E-state index contributed by atoms with van der Waals surface area (Å²) in [5.41, 5.74) is 0.896. The van der Waals surface area contributed by atoms with Crippen LogP contribution in [0.15, 0.2) is 40.3 Å². The first-order chi connectivity index (χ1) is 10.5. The molecule has 2 aromatic rings. The van der Waals surface area contributed by atoms with Gasteiger partial charge in [0, 0.05) is 16.0 Å². The van der Waals surface area contributed by atoms with Crippen LogP contribution >= 0.6 is 27.3 Å². The van der Waals surface area contributed by atoms with Crippen LogP contribution in [0.5, 0.6) is 0 Å². The molecule has 2 unspecified atom stereocenters. The molecule has 1 aromatic carbocycles. The van der Waals surface area contributed by atoms with Gasteiger partial charge >= 0.3 is 57.4 Å². The Morgan fingerprint density at radius 1 is 1.35 bits per heavy atom. The minimum absolute atomic E-state index is 0. The molecule has 0 fully saturated rings. The van der Waals surface area contributed by atoms with Crippen molar-refractivity contribution in [2.45, 2.75) is 32.5 Å². The number of halogens is 1. The van der Waals surface area contributed by atoms with Gasteiger partial charge in [-0.05, 0) is 30.0 Å². The summed E-state index contributed by atoms with van der Waals surface area (Å²) in [5, 5.41) is 12.0. The van der Waals surface area contributed by atoms with E-state index in [-0.39, 0.29) is 57.3 Å².